The first-order valence-electron chi connectivity index (χ1n) is 3.60. The highest BCUT2D eigenvalue weighted by Gasteiger charge is 2.35. The zero-order valence-electron chi connectivity index (χ0n) is 6.60. The van der Waals surface area contributed by atoms with Gasteiger partial charge < -0.3 is 0 Å². The summed E-state index contributed by atoms with van der Waals surface area (Å²) in [5.41, 5.74) is -0.801. The van der Waals surface area contributed by atoms with Gasteiger partial charge in [0.05, 0.1) is 4.70 Å². The Bertz CT molecular complexity index is 477. The van der Waals surface area contributed by atoms with Crippen LogP contribution in [0.15, 0.2) is 22.7 Å². The quantitative estimate of drug-likeness (QED) is 0.709. The fourth-order valence-corrected chi connectivity index (χ4v) is 2.46. The van der Waals surface area contributed by atoms with E-state index < -0.39 is 11.9 Å². The van der Waals surface area contributed by atoms with Gasteiger partial charge in [0.25, 0.3) is 0 Å². The highest BCUT2D eigenvalue weighted by Crippen LogP contribution is 2.36. The van der Waals surface area contributed by atoms with Gasteiger partial charge in [-0.05, 0) is 23.7 Å². The van der Waals surface area contributed by atoms with Crippen molar-refractivity contribution in [3.8, 4) is 0 Å². The molecule has 0 amide bonds. The van der Waals surface area contributed by atoms with Crippen LogP contribution < -0.4 is 0 Å². The second kappa shape index (κ2) is 3.20. The molecule has 1 aromatic carbocycles. The van der Waals surface area contributed by atoms with Crippen LogP contribution in [-0.2, 0) is 6.18 Å². The molecule has 0 spiro atoms. The van der Waals surface area contributed by atoms with Crippen molar-refractivity contribution in [2.24, 2.45) is 0 Å². The lowest BCUT2D eigenvalue weighted by Crippen LogP contribution is -2.05. The molecule has 1 nitrogen and oxygen atoms in total. The van der Waals surface area contributed by atoms with Crippen LogP contribution in [0.1, 0.15) is 5.69 Å². The maximum atomic E-state index is 12.4. The topological polar surface area (TPSA) is 12.9 Å². The fourth-order valence-electron chi connectivity index (χ4n) is 1.12. The van der Waals surface area contributed by atoms with Gasteiger partial charge in [-0.25, -0.2) is 0 Å². The molecule has 0 N–H and O–H groups in total. The summed E-state index contributed by atoms with van der Waals surface area (Å²) < 4.78 is 41.8. The van der Waals surface area contributed by atoms with Crippen LogP contribution in [0.3, 0.4) is 0 Å². The molecule has 0 bridgehead atoms. The van der Waals surface area contributed by atoms with Gasteiger partial charge in [0.2, 0.25) is 0 Å². The molecule has 14 heavy (non-hydrogen) atoms. The second-order valence-corrected chi connectivity index (χ2v) is 4.39. The molecule has 2 aromatic rings. The molecule has 0 unspecified atom stereocenters. The predicted octanol–water partition coefficient (Wildman–Crippen LogP) is 4.08. The standard InChI is InChI=1S/C8H3BrF3NS/c9-4-1-2-5-6(3-4)14-13-7(5)8(10,11)12/h1-3H. The number of alkyl halides is 3. The Morgan fingerprint density at radius 3 is 2.64 bits per heavy atom. The van der Waals surface area contributed by atoms with Gasteiger partial charge in [0, 0.05) is 9.86 Å². The van der Waals surface area contributed by atoms with E-state index in [9.17, 15) is 13.2 Å². The van der Waals surface area contributed by atoms with E-state index in [0.29, 0.717) is 4.70 Å². The van der Waals surface area contributed by atoms with E-state index in [0.717, 1.165) is 16.0 Å². The van der Waals surface area contributed by atoms with Gasteiger partial charge in [-0.15, -0.1) is 0 Å². The van der Waals surface area contributed by atoms with Crippen molar-refractivity contribution in [2.45, 2.75) is 6.18 Å². The molecule has 0 aliphatic heterocycles. The van der Waals surface area contributed by atoms with Crippen LogP contribution in [0.4, 0.5) is 13.2 Å². The number of benzene rings is 1. The molecule has 1 heterocycles. The smallest absolute Gasteiger partial charge is 0.187 e. The Morgan fingerprint density at radius 2 is 2.00 bits per heavy atom. The second-order valence-electron chi connectivity index (χ2n) is 2.67. The van der Waals surface area contributed by atoms with E-state index in [-0.39, 0.29) is 5.39 Å². The summed E-state index contributed by atoms with van der Waals surface area (Å²) in [6.07, 6.45) is -4.37. The number of fused-ring (bicyclic) bond motifs is 1. The lowest BCUT2D eigenvalue weighted by molar-refractivity contribution is -0.139. The molecular weight excluding hydrogens is 279 g/mol. The molecular formula is C8H3BrF3NS. The van der Waals surface area contributed by atoms with Crippen LogP contribution in [0, 0.1) is 0 Å². The zero-order valence-corrected chi connectivity index (χ0v) is 9.00. The van der Waals surface area contributed by atoms with E-state index in [2.05, 4.69) is 20.3 Å². The van der Waals surface area contributed by atoms with Gasteiger partial charge in [-0.3, -0.25) is 0 Å². The summed E-state index contributed by atoms with van der Waals surface area (Å²) in [5, 5.41) is 0.158. The van der Waals surface area contributed by atoms with Crippen LogP contribution in [0.2, 0.25) is 0 Å². The van der Waals surface area contributed by atoms with Crippen LogP contribution in [0.5, 0.6) is 0 Å². The predicted molar refractivity (Wildman–Crippen MR) is 52.3 cm³/mol. The minimum atomic E-state index is -4.37. The summed E-state index contributed by atoms with van der Waals surface area (Å²) in [6.45, 7) is 0. The normalized spacial score (nSPS) is 12.3. The van der Waals surface area contributed by atoms with E-state index in [4.69, 9.17) is 0 Å². The van der Waals surface area contributed by atoms with E-state index >= 15 is 0 Å². The summed E-state index contributed by atoms with van der Waals surface area (Å²) in [7, 11) is 0. The van der Waals surface area contributed by atoms with Crippen LogP contribution in [-0.4, -0.2) is 4.37 Å². The number of hydrogen-bond donors (Lipinski definition) is 0. The molecule has 6 heteroatoms. The summed E-state index contributed by atoms with van der Waals surface area (Å²) in [5.74, 6) is 0. The van der Waals surface area contributed by atoms with E-state index in [1.165, 1.54) is 6.07 Å². The first-order chi connectivity index (χ1) is 6.48. The SMILES string of the molecule is FC(F)(F)c1nsc2cc(Br)ccc12. The molecule has 0 saturated heterocycles. The van der Waals surface area contributed by atoms with Crippen molar-refractivity contribution in [2.75, 3.05) is 0 Å². The highest BCUT2D eigenvalue weighted by molar-refractivity contribution is 9.10. The summed E-state index contributed by atoms with van der Waals surface area (Å²) in [4.78, 5) is 0. The minimum absolute atomic E-state index is 0.158. The van der Waals surface area contributed by atoms with Crippen molar-refractivity contribution < 1.29 is 13.2 Å². The Morgan fingerprint density at radius 1 is 1.29 bits per heavy atom. The Balaban J connectivity index is 2.70. The number of hydrogen-bond acceptors (Lipinski definition) is 2. The number of rotatable bonds is 0. The highest BCUT2D eigenvalue weighted by atomic mass is 79.9. The molecule has 0 saturated carbocycles. The molecule has 0 atom stereocenters. The number of aromatic nitrogens is 1. The maximum absolute atomic E-state index is 12.4. The molecule has 0 aliphatic rings. The Labute approximate surface area is 89.8 Å². The monoisotopic (exact) mass is 281 g/mol. The minimum Gasteiger partial charge on any atom is -0.187 e. The lowest BCUT2D eigenvalue weighted by Gasteiger charge is -2.01. The molecule has 0 fully saturated rings. The number of halogens is 4. The van der Waals surface area contributed by atoms with E-state index in [1.807, 2.05) is 0 Å². The van der Waals surface area contributed by atoms with Crippen molar-refractivity contribution in [1.29, 1.82) is 0 Å². The van der Waals surface area contributed by atoms with Gasteiger partial charge >= 0.3 is 6.18 Å². The molecule has 0 aliphatic carbocycles. The fraction of sp³-hybridized carbons (Fsp3) is 0.125. The van der Waals surface area contributed by atoms with Crippen LogP contribution >= 0.6 is 27.5 Å². The largest absolute Gasteiger partial charge is 0.435 e. The maximum Gasteiger partial charge on any atom is 0.435 e. The first-order valence-corrected chi connectivity index (χ1v) is 5.17. The van der Waals surface area contributed by atoms with Crippen molar-refractivity contribution >= 4 is 37.5 Å². The van der Waals surface area contributed by atoms with Gasteiger partial charge in [0.1, 0.15) is 0 Å². The van der Waals surface area contributed by atoms with Crippen LogP contribution in [0.25, 0.3) is 10.1 Å². The zero-order chi connectivity index (χ0) is 10.3. The Hall–Kier alpha value is -0.620. The summed E-state index contributed by atoms with van der Waals surface area (Å²) in [6, 6.07) is 4.62. The Kier molecular flexibility index (Phi) is 2.27. The number of nitrogens with zero attached hydrogens (tertiary/aromatic N) is 1. The molecule has 0 radical (unpaired) electrons. The third-order valence-electron chi connectivity index (χ3n) is 1.70. The third kappa shape index (κ3) is 1.64. The third-order valence-corrected chi connectivity index (χ3v) is 3.00. The van der Waals surface area contributed by atoms with Gasteiger partial charge in [0.15, 0.2) is 5.69 Å². The molecule has 1 aromatic heterocycles. The molecule has 74 valence electrons. The van der Waals surface area contributed by atoms with Gasteiger partial charge in [-0.1, -0.05) is 22.0 Å². The average Bonchev–Trinajstić information content (AvgIpc) is 2.45. The van der Waals surface area contributed by atoms with Crippen molar-refractivity contribution in [1.82, 2.24) is 4.37 Å². The first kappa shape index (κ1) is 9.92. The van der Waals surface area contributed by atoms with E-state index in [1.54, 1.807) is 12.1 Å². The molecule has 2 rings (SSSR count). The van der Waals surface area contributed by atoms with Crippen molar-refractivity contribution in [3.63, 3.8) is 0 Å². The average molecular weight is 282 g/mol. The van der Waals surface area contributed by atoms with Gasteiger partial charge in [-0.2, -0.15) is 17.5 Å². The lowest BCUT2D eigenvalue weighted by atomic mass is 10.2. The van der Waals surface area contributed by atoms with Crippen molar-refractivity contribution in [3.05, 3.63) is 28.4 Å². The summed E-state index contributed by atoms with van der Waals surface area (Å²) >= 11 is 4.04.